The molecular formula is C21H15ClN2O2S. The normalized spacial score (nSPS) is 11.4. The first-order valence-electron chi connectivity index (χ1n) is 8.25. The van der Waals surface area contributed by atoms with Crippen LogP contribution in [0.3, 0.4) is 0 Å². The second kappa shape index (κ2) is 7.02. The van der Waals surface area contributed by atoms with Crippen LogP contribution in [-0.4, -0.2) is 13.4 Å². The van der Waals surface area contributed by atoms with Crippen LogP contribution in [0, 0.1) is 0 Å². The van der Waals surface area contributed by atoms with Gasteiger partial charge in [0.15, 0.2) is 5.15 Å². The molecule has 4 aromatic rings. The topological polar surface area (TPSA) is 59.1 Å². The van der Waals surface area contributed by atoms with Crippen LogP contribution >= 0.6 is 11.6 Å². The number of halogens is 1. The summed E-state index contributed by atoms with van der Waals surface area (Å²) in [6, 6.07) is 23.9. The van der Waals surface area contributed by atoms with Crippen LogP contribution < -0.4 is 4.72 Å². The number of fused-ring (bicyclic) bond motifs is 1. The highest BCUT2D eigenvalue weighted by Gasteiger charge is 2.16. The van der Waals surface area contributed by atoms with Gasteiger partial charge in [0, 0.05) is 11.8 Å². The zero-order chi connectivity index (χ0) is 18.9. The standard InChI is InChI=1S/C21H15ClN2O2S/c22-21-20(24-27(25,26)19-8-2-1-3-9-19)13-18(14-23-21)17-11-10-15-6-4-5-7-16(15)12-17/h1-14,24H. The van der Waals surface area contributed by atoms with E-state index < -0.39 is 10.0 Å². The minimum atomic E-state index is -3.74. The number of rotatable bonds is 4. The summed E-state index contributed by atoms with van der Waals surface area (Å²) in [5.74, 6) is 0. The van der Waals surface area contributed by atoms with Crippen molar-refractivity contribution >= 4 is 38.1 Å². The van der Waals surface area contributed by atoms with Crippen molar-refractivity contribution in [3.8, 4) is 11.1 Å². The molecule has 0 bridgehead atoms. The van der Waals surface area contributed by atoms with Crippen molar-refractivity contribution in [2.75, 3.05) is 4.72 Å². The van der Waals surface area contributed by atoms with Crippen molar-refractivity contribution in [2.45, 2.75) is 4.90 Å². The maximum Gasteiger partial charge on any atom is 0.261 e. The first kappa shape index (κ1) is 17.5. The van der Waals surface area contributed by atoms with Crippen molar-refractivity contribution in [3.63, 3.8) is 0 Å². The number of aromatic nitrogens is 1. The van der Waals surface area contributed by atoms with E-state index in [0.29, 0.717) is 0 Å². The number of pyridine rings is 1. The fourth-order valence-corrected chi connectivity index (χ4v) is 4.13. The van der Waals surface area contributed by atoms with E-state index in [-0.39, 0.29) is 15.7 Å². The lowest BCUT2D eigenvalue weighted by molar-refractivity contribution is 0.601. The molecule has 134 valence electrons. The Morgan fingerprint density at radius 1 is 0.778 bits per heavy atom. The fourth-order valence-electron chi connectivity index (χ4n) is 2.85. The molecule has 0 atom stereocenters. The summed E-state index contributed by atoms with van der Waals surface area (Å²) < 4.78 is 27.7. The van der Waals surface area contributed by atoms with Crippen LogP contribution in [-0.2, 0) is 10.0 Å². The largest absolute Gasteiger partial charge is 0.276 e. The van der Waals surface area contributed by atoms with Crippen LogP contribution in [0.1, 0.15) is 0 Å². The van der Waals surface area contributed by atoms with E-state index in [0.717, 1.165) is 21.9 Å². The Morgan fingerprint density at radius 3 is 2.26 bits per heavy atom. The SMILES string of the molecule is O=S(=O)(Nc1cc(-c2ccc3ccccc3c2)cnc1Cl)c1ccccc1. The second-order valence-electron chi connectivity index (χ2n) is 6.04. The van der Waals surface area contributed by atoms with E-state index in [1.54, 1.807) is 30.5 Å². The molecule has 0 aliphatic heterocycles. The molecule has 4 rings (SSSR count). The highest BCUT2D eigenvalue weighted by atomic mass is 35.5. The van der Waals surface area contributed by atoms with Gasteiger partial charge in [-0.15, -0.1) is 0 Å². The van der Waals surface area contributed by atoms with Crippen LogP contribution in [0.15, 0.2) is 90.0 Å². The van der Waals surface area contributed by atoms with Crippen molar-refractivity contribution in [1.29, 1.82) is 0 Å². The van der Waals surface area contributed by atoms with Gasteiger partial charge in [0.2, 0.25) is 0 Å². The first-order chi connectivity index (χ1) is 13.0. The van der Waals surface area contributed by atoms with E-state index in [4.69, 9.17) is 11.6 Å². The molecule has 0 spiro atoms. The van der Waals surface area contributed by atoms with Gasteiger partial charge in [-0.2, -0.15) is 0 Å². The Kier molecular flexibility index (Phi) is 4.56. The Hall–Kier alpha value is -2.89. The van der Waals surface area contributed by atoms with Gasteiger partial charge >= 0.3 is 0 Å². The molecule has 0 amide bonds. The Balaban J connectivity index is 1.73. The van der Waals surface area contributed by atoms with E-state index >= 15 is 0 Å². The molecule has 0 aliphatic rings. The van der Waals surface area contributed by atoms with Crippen LogP contribution in [0.5, 0.6) is 0 Å². The highest BCUT2D eigenvalue weighted by molar-refractivity contribution is 7.92. The maximum absolute atomic E-state index is 12.6. The zero-order valence-electron chi connectivity index (χ0n) is 14.1. The first-order valence-corrected chi connectivity index (χ1v) is 10.1. The smallest absolute Gasteiger partial charge is 0.261 e. The van der Waals surface area contributed by atoms with Gasteiger partial charge in [-0.3, -0.25) is 4.72 Å². The molecule has 1 N–H and O–H groups in total. The average Bonchev–Trinajstić information content (AvgIpc) is 2.70. The van der Waals surface area contributed by atoms with Gasteiger partial charge in [-0.05, 0) is 40.6 Å². The predicted octanol–water partition coefficient (Wildman–Crippen LogP) is 5.36. The molecule has 27 heavy (non-hydrogen) atoms. The monoisotopic (exact) mass is 394 g/mol. The number of sulfonamides is 1. The number of hydrogen-bond acceptors (Lipinski definition) is 3. The van der Waals surface area contributed by atoms with E-state index in [1.807, 2.05) is 42.5 Å². The molecule has 0 aliphatic carbocycles. The van der Waals surface area contributed by atoms with Crippen molar-refractivity contribution < 1.29 is 8.42 Å². The van der Waals surface area contributed by atoms with Gasteiger partial charge < -0.3 is 0 Å². The van der Waals surface area contributed by atoms with E-state index in [2.05, 4.69) is 9.71 Å². The highest BCUT2D eigenvalue weighted by Crippen LogP contribution is 2.30. The molecular weight excluding hydrogens is 380 g/mol. The number of benzene rings is 3. The van der Waals surface area contributed by atoms with Gasteiger partial charge in [0.25, 0.3) is 10.0 Å². The lowest BCUT2D eigenvalue weighted by Gasteiger charge is -2.11. The summed E-state index contributed by atoms with van der Waals surface area (Å²) in [7, 11) is -3.74. The van der Waals surface area contributed by atoms with Crippen molar-refractivity contribution in [1.82, 2.24) is 4.98 Å². The molecule has 4 nitrogen and oxygen atoms in total. The second-order valence-corrected chi connectivity index (χ2v) is 8.08. The minimum Gasteiger partial charge on any atom is -0.276 e. The summed E-state index contributed by atoms with van der Waals surface area (Å²) >= 11 is 6.13. The van der Waals surface area contributed by atoms with Crippen LogP contribution in [0.4, 0.5) is 5.69 Å². The predicted molar refractivity (Wildman–Crippen MR) is 109 cm³/mol. The summed E-state index contributed by atoms with van der Waals surface area (Å²) in [5, 5.41) is 2.32. The Labute approximate surface area is 162 Å². The average molecular weight is 395 g/mol. The van der Waals surface area contributed by atoms with Gasteiger partial charge in [-0.1, -0.05) is 66.2 Å². The van der Waals surface area contributed by atoms with Gasteiger partial charge in [0.05, 0.1) is 10.6 Å². The number of nitrogens with one attached hydrogen (secondary N) is 1. The van der Waals surface area contributed by atoms with E-state index in [9.17, 15) is 8.42 Å². The maximum atomic E-state index is 12.6. The Morgan fingerprint density at radius 2 is 1.48 bits per heavy atom. The third-order valence-electron chi connectivity index (χ3n) is 4.22. The Bertz CT molecular complexity index is 1230. The number of anilines is 1. The van der Waals surface area contributed by atoms with Crippen LogP contribution in [0.2, 0.25) is 5.15 Å². The van der Waals surface area contributed by atoms with Gasteiger partial charge in [-0.25, -0.2) is 13.4 Å². The third-order valence-corrected chi connectivity index (χ3v) is 5.90. The molecule has 6 heteroatoms. The molecule has 0 saturated carbocycles. The molecule has 1 heterocycles. The molecule has 0 unspecified atom stereocenters. The molecule has 1 aromatic heterocycles. The number of hydrogen-bond donors (Lipinski definition) is 1. The molecule has 0 radical (unpaired) electrons. The van der Waals surface area contributed by atoms with Gasteiger partial charge in [0.1, 0.15) is 0 Å². The summed E-state index contributed by atoms with van der Waals surface area (Å²) in [5.41, 5.74) is 1.94. The molecule has 0 fully saturated rings. The van der Waals surface area contributed by atoms with E-state index in [1.165, 1.54) is 12.1 Å². The quantitative estimate of drug-likeness (QED) is 0.474. The summed E-state index contributed by atoms with van der Waals surface area (Å²) in [6.07, 6.45) is 1.63. The minimum absolute atomic E-state index is 0.0963. The zero-order valence-corrected chi connectivity index (χ0v) is 15.7. The summed E-state index contributed by atoms with van der Waals surface area (Å²) in [6.45, 7) is 0. The summed E-state index contributed by atoms with van der Waals surface area (Å²) in [4.78, 5) is 4.32. The molecule has 3 aromatic carbocycles. The van der Waals surface area contributed by atoms with Crippen LogP contribution in [0.25, 0.3) is 21.9 Å². The fraction of sp³-hybridized carbons (Fsp3) is 0. The third kappa shape index (κ3) is 3.65. The van der Waals surface area contributed by atoms with Crippen molar-refractivity contribution in [2.24, 2.45) is 0 Å². The molecule has 0 saturated heterocycles. The van der Waals surface area contributed by atoms with Crippen molar-refractivity contribution in [3.05, 3.63) is 90.2 Å². The lowest BCUT2D eigenvalue weighted by Crippen LogP contribution is -2.13. The lowest BCUT2D eigenvalue weighted by atomic mass is 10.0. The number of nitrogens with zero attached hydrogens (tertiary/aromatic N) is 1.